The van der Waals surface area contributed by atoms with E-state index in [1.54, 1.807) is 11.8 Å². The fraction of sp³-hybridized carbons (Fsp3) is 0.462. The number of benzene rings is 2. The van der Waals surface area contributed by atoms with Gasteiger partial charge in [0.2, 0.25) is 5.91 Å². The van der Waals surface area contributed by atoms with Crippen molar-refractivity contribution in [3.05, 3.63) is 65.7 Å². The summed E-state index contributed by atoms with van der Waals surface area (Å²) in [5.41, 5.74) is 2.39. The minimum atomic E-state index is -0.561. The second-order valence-electron chi connectivity index (χ2n) is 8.85. The van der Waals surface area contributed by atoms with Crippen LogP contribution in [0, 0.1) is 0 Å². The van der Waals surface area contributed by atoms with Crippen LogP contribution in [0.25, 0.3) is 0 Å². The Balaban J connectivity index is 2.04. The first-order valence-corrected chi connectivity index (χ1v) is 11.1. The molecule has 0 aliphatic rings. The maximum Gasteiger partial charge on any atom is 0.261 e. The lowest BCUT2D eigenvalue weighted by atomic mass is 9.87. The molecule has 2 amide bonds. The van der Waals surface area contributed by atoms with Crippen molar-refractivity contribution in [1.82, 2.24) is 10.2 Å². The summed E-state index contributed by atoms with van der Waals surface area (Å²) in [5.74, 6) is 0.306. The Morgan fingerprint density at radius 2 is 1.68 bits per heavy atom. The van der Waals surface area contributed by atoms with Gasteiger partial charge in [-0.25, -0.2) is 0 Å². The van der Waals surface area contributed by atoms with Crippen LogP contribution in [-0.2, 0) is 21.4 Å². The number of hydrogen-bond acceptors (Lipinski definition) is 3. The molecular weight excluding hydrogens is 388 g/mol. The minimum Gasteiger partial charge on any atom is -0.484 e. The molecule has 1 N–H and O–H groups in total. The largest absolute Gasteiger partial charge is 0.484 e. The Kier molecular flexibility index (Phi) is 9.10. The van der Waals surface area contributed by atoms with Crippen LogP contribution in [0.4, 0.5) is 0 Å². The van der Waals surface area contributed by atoms with E-state index in [-0.39, 0.29) is 23.8 Å². The van der Waals surface area contributed by atoms with Crippen LogP contribution in [0.1, 0.15) is 52.2 Å². The third kappa shape index (κ3) is 7.74. The zero-order valence-corrected chi connectivity index (χ0v) is 19.5. The maximum absolute atomic E-state index is 13.0. The van der Waals surface area contributed by atoms with Gasteiger partial charge in [-0.2, -0.15) is 0 Å². The summed E-state index contributed by atoms with van der Waals surface area (Å²) < 4.78 is 5.76. The minimum absolute atomic E-state index is 0.0594. The van der Waals surface area contributed by atoms with Gasteiger partial charge in [-0.1, -0.05) is 70.2 Å². The van der Waals surface area contributed by atoms with Crippen LogP contribution in [0.5, 0.6) is 5.75 Å². The molecular formula is C26H36N2O3. The van der Waals surface area contributed by atoms with Crippen molar-refractivity contribution in [1.29, 1.82) is 0 Å². The second kappa shape index (κ2) is 11.5. The van der Waals surface area contributed by atoms with Gasteiger partial charge in [-0.15, -0.1) is 0 Å². The van der Waals surface area contributed by atoms with E-state index in [9.17, 15) is 9.59 Å². The Morgan fingerprint density at radius 1 is 1.03 bits per heavy atom. The van der Waals surface area contributed by atoms with Gasteiger partial charge < -0.3 is 15.0 Å². The van der Waals surface area contributed by atoms with Crippen LogP contribution in [0.15, 0.2) is 54.6 Å². The molecule has 0 fully saturated rings. The van der Waals surface area contributed by atoms with Crippen molar-refractivity contribution in [2.24, 2.45) is 0 Å². The molecule has 2 rings (SSSR count). The van der Waals surface area contributed by atoms with Crippen LogP contribution in [0.2, 0.25) is 0 Å². The Bertz CT molecular complexity index is 826. The third-order valence-electron chi connectivity index (χ3n) is 5.28. The molecule has 0 aliphatic carbocycles. The molecule has 0 aromatic heterocycles. The maximum atomic E-state index is 13.0. The standard InChI is InChI=1S/C26H36N2O3/c1-6-17-27-25(30)20(2)28(18-16-21-10-8-7-9-11-21)24(29)19-31-23-14-12-22(13-15-23)26(3,4)5/h7-15,20H,6,16-19H2,1-5H3,(H,27,30). The highest BCUT2D eigenvalue weighted by molar-refractivity contribution is 5.87. The van der Waals surface area contributed by atoms with E-state index in [1.807, 2.05) is 61.5 Å². The second-order valence-corrected chi connectivity index (χ2v) is 8.85. The predicted molar refractivity (Wildman–Crippen MR) is 125 cm³/mol. The molecule has 0 spiro atoms. The van der Waals surface area contributed by atoms with Crippen molar-refractivity contribution >= 4 is 11.8 Å². The monoisotopic (exact) mass is 424 g/mol. The molecule has 0 heterocycles. The van der Waals surface area contributed by atoms with Gasteiger partial charge in [-0.3, -0.25) is 9.59 Å². The van der Waals surface area contributed by atoms with Crippen molar-refractivity contribution in [3.8, 4) is 5.75 Å². The lowest BCUT2D eigenvalue weighted by Gasteiger charge is -2.28. The number of nitrogens with zero attached hydrogens (tertiary/aromatic N) is 1. The molecule has 5 nitrogen and oxygen atoms in total. The molecule has 2 aromatic carbocycles. The van der Waals surface area contributed by atoms with E-state index in [0.717, 1.165) is 12.0 Å². The fourth-order valence-electron chi connectivity index (χ4n) is 3.25. The Hall–Kier alpha value is -2.82. The molecule has 2 aromatic rings. The predicted octanol–water partition coefficient (Wildman–Crippen LogP) is 4.35. The molecule has 0 radical (unpaired) electrons. The molecule has 0 aliphatic heterocycles. The molecule has 5 heteroatoms. The van der Waals surface area contributed by atoms with Gasteiger partial charge in [0.15, 0.2) is 6.61 Å². The smallest absolute Gasteiger partial charge is 0.261 e. The van der Waals surface area contributed by atoms with E-state index in [4.69, 9.17) is 4.74 Å². The number of nitrogens with one attached hydrogen (secondary N) is 1. The van der Waals surface area contributed by atoms with Crippen molar-refractivity contribution in [2.45, 2.75) is 58.9 Å². The summed E-state index contributed by atoms with van der Waals surface area (Å²) in [7, 11) is 0. The van der Waals surface area contributed by atoms with Crippen LogP contribution in [0.3, 0.4) is 0 Å². The molecule has 0 saturated carbocycles. The zero-order chi connectivity index (χ0) is 22.9. The lowest BCUT2D eigenvalue weighted by Crippen LogP contribution is -2.50. The molecule has 31 heavy (non-hydrogen) atoms. The Labute approximate surface area is 186 Å². The van der Waals surface area contributed by atoms with E-state index in [1.165, 1.54) is 5.56 Å². The van der Waals surface area contributed by atoms with Crippen molar-refractivity contribution in [2.75, 3.05) is 19.7 Å². The van der Waals surface area contributed by atoms with Gasteiger partial charge in [0.1, 0.15) is 11.8 Å². The van der Waals surface area contributed by atoms with Gasteiger partial charge in [0.25, 0.3) is 5.91 Å². The van der Waals surface area contributed by atoms with Gasteiger partial charge in [0, 0.05) is 13.1 Å². The normalized spacial score (nSPS) is 12.2. The highest BCUT2D eigenvalue weighted by atomic mass is 16.5. The number of hydrogen-bond donors (Lipinski definition) is 1. The van der Waals surface area contributed by atoms with Crippen LogP contribution < -0.4 is 10.1 Å². The molecule has 168 valence electrons. The number of rotatable bonds is 10. The summed E-state index contributed by atoms with van der Waals surface area (Å²) in [6.45, 7) is 11.2. The first-order valence-electron chi connectivity index (χ1n) is 11.1. The molecule has 1 unspecified atom stereocenters. The van der Waals surface area contributed by atoms with Crippen LogP contribution in [-0.4, -0.2) is 42.5 Å². The van der Waals surface area contributed by atoms with E-state index >= 15 is 0 Å². The number of amides is 2. The summed E-state index contributed by atoms with van der Waals surface area (Å²) in [6, 6.07) is 17.2. The first-order chi connectivity index (χ1) is 14.7. The van der Waals surface area contributed by atoms with Crippen molar-refractivity contribution in [3.63, 3.8) is 0 Å². The first kappa shape index (κ1) is 24.4. The molecule has 0 saturated heterocycles. The fourth-order valence-corrected chi connectivity index (χ4v) is 3.25. The molecule has 1 atom stereocenters. The average Bonchev–Trinajstić information content (AvgIpc) is 2.76. The summed E-state index contributed by atoms with van der Waals surface area (Å²) in [4.78, 5) is 27.1. The number of carbonyl (C=O) groups excluding carboxylic acids is 2. The number of carbonyl (C=O) groups is 2. The van der Waals surface area contributed by atoms with E-state index in [0.29, 0.717) is 25.3 Å². The third-order valence-corrected chi connectivity index (χ3v) is 5.28. The lowest BCUT2D eigenvalue weighted by molar-refractivity contribution is -0.141. The van der Waals surface area contributed by atoms with Gasteiger partial charge >= 0.3 is 0 Å². The van der Waals surface area contributed by atoms with Gasteiger partial charge in [-0.05, 0) is 48.4 Å². The Morgan fingerprint density at radius 3 is 2.26 bits per heavy atom. The van der Waals surface area contributed by atoms with E-state index in [2.05, 4.69) is 26.1 Å². The molecule has 0 bridgehead atoms. The average molecular weight is 425 g/mol. The summed E-state index contributed by atoms with van der Waals surface area (Å²) in [5, 5.41) is 2.89. The van der Waals surface area contributed by atoms with Crippen molar-refractivity contribution < 1.29 is 14.3 Å². The quantitative estimate of drug-likeness (QED) is 0.617. The highest BCUT2D eigenvalue weighted by Crippen LogP contribution is 2.24. The zero-order valence-electron chi connectivity index (χ0n) is 19.5. The summed E-state index contributed by atoms with van der Waals surface area (Å²) in [6.07, 6.45) is 1.53. The number of ether oxygens (including phenoxy) is 1. The SMILES string of the molecule is CCCNC(=O)C(C)N(CCc1ccccc1)C(=O)COc1ccc(C(C)(C)C)cc1. The van der Waals surface area contributed by atoms with Crippen LogP contribution >= 0.6 is 0 Å². The topological polar surface area (TPSA) is 58.6 Å². The summed E-state index contributed by atoms with van der Waals surface area (Å²) >= 11 is 0. The van der Waals surface area contributed by atoms with Gasteiger partial charge in [0.05, 0.1) is 0 Å². The highest BCUT2D eigenvalue weighted by Gasteiger charge is 2.26. The van der Waals surface area contributed by atoms with E-state index < -0.39 is 6.04 Å².